The number of carbonyl (C=O) groups is 1. The summed E-state index contributed by atoms with van der Waals surface area (Å²) in [7, 11) is 0. The molecule has 0 atom stereocenters. The second-order valence-electron chi connectivity index (χ2n) is 3.00. The highest BCUT2D eigenvalue weighted by Gasteiger charge is 2.25. The van der Waals surface area contributed by atoms with E-state index in [0.717, 1.165) is 26.1 Å². The van der Waals surface area contributed by atoms with Gasteiger partial charge in [0.1, 0.15) is 0 Å². The molecule has 0 unspecified atom stereocenters. The summed E-state index contributed by atoms with van der Waals surface area (Å²) in [4.78, 5) is 15.2. The Morgan fingerprint density at radius 3 is 2.75 bits per heavy atom. The Bertz CT molecular complexity index is 179. The van der Waals surface area contributed by atoms with E-state index >= 15 is 0 Å². The van der Waals surface area contributed by atoms with E-state index in [4.69, 9.17) is 0 Å². The summed E-state index contributed by atoms with van der Waals surface area (Å²) in [5, 5.41) is 0. The number of hydrogen-bond acceptors (Lipinski definition) is 1. The fourth-order valence-electron chi connectivity index (χ4n) is 1.44. The molecule has 0 radical (unpaired) electrons. The highest BCUT2D eigenvalue weighted by atomic mass is 16.2. The molecule has 0 aliphatic carbocycles. The molecule has 0 bridgehead atoms. The van der Waals surface area contributed by atoms with E-state index in [9.17, 15) is 4.79 Å². The van der Waals surface area contributed by atoms with Gasteiger partial charge in [-0.3, -0.25) is 0 Å². The van der Waals surface area contributed by atoms with Crippen molar-refractivity contribution in [2.24, 2.45) is 0 Å². The monoisotopic (exact) mass is 168 g/mol. The van der Waals surface area contributed by atoms with Crippen LogP contribution in [0, 0.1) is 0 Å². The highest BCUT2D eigenvalue weighted by Crippen LogP contribution is 2.08. The first kappa shape index (κ1) is 9.10. The average Bonchev–Trinajstić information content (AvgIpc) is 2.38. The van der Waals surface area contributed by atoms with Crippen molar-refractivity contribution in [3.8, 4) is 0 Å². The first-order valence-electron chi connectivity index (χ1n) is 4.44. The molecular formula is C9H16N2O. The molecule has 0 aromatic rings. The Balaban J connectivity index is 2.43. The lowest BCUT2D eigenvalue weighted by Gasteiger charge is -2.16. The zero-order valence-electron chi connectivity index (χ0n) is 7.62. The van der Waals surface area contributed by atoms with Crippen LogP contribution in [0.1, 0.15) is 13.3 Å². The zero-order valence-corrected chi connectivity index (χ0v) is 7.62. The smallest absolute Gasteiger partial charge is 0.320 e. The summed E-state index contributed by atoms with van der Waals surface area (Å²) in [5.74, 6) is 0. The number of carbonyl (C=O) groups excluding carboxylic acids is 1. The van der Waals surface area contributed by atoms with Gasteiger partial charge in [-0.1, -0.05) is 13.0 Å². The van der Waals surface area contributed by atoms with Crippen molar-refractivity contribution >= 4 is 6.03 Å². The molecule has 0 aromatic carbocycles. The fraction of sp³-hybridized carbons (Fsp3) is 0.667. The first-order valence-corrected chi connectivity index (χ1v) is 4.44. The molecule has 12 heavy (non-hydrogen) atoms. The van der Waals surface area contributed by atoms with Gasteiger partial charge < -0.3 is 9.80 Å². The van der Waals surface area contributed by atoms with E-state index in [1.54, 1.807) is 6.08 Å². The largest absolute Gasteiger partial charge is 0.323 e. The predicted octanol–water partition coefficient (Wildman–Crippen LogP) is 1.32. The van der Waals surface area contributed by atoms with Gasteiger partial charge >= 0.3 is 6.03 Å². The third kappa shape index (κ3) is 1.78. The molecule has 1 heterocycles. The molecule has 3 nitrogen and oxygen atoms in total. The number of hydrogen-bond donors (Lipinski definition) is 0. The molecule has 1 fully saturated rings. The summed E-state index contributed by atoms with van der Waals surface area (Å²) in [6.45, 7) is 8.99. The number of nitrogens with zero attached hydrogens (tertiary/aromatic N) is 2. The van der Waals surface area contributed by atoms with Crippen LogP contribution in [0.2, 0.25) is 0 Å². The second kappa shape index (κ2) is 4.14. The zero-order chi connectivity index (χ0) is 8.97. The SMILES string of the molecule is C=CCN1CCN(CCC)C1=O. The van der Waals surface area contributed by atoms with Crippen molar-refractivity contribution in [1.82, 2.24) is 9.80 Å². The second-order valence-corrected chi connectivity index (χ2v) is 3.00. The van der Waals surface area contributed by atoms with Crippen molar-refractivity contribution in [3.63, 3.8) is 0 Å². The molecule has 0 spiro atoms. The maximum Gasteiger partial charge on any atom is 0.320 e. The van der Waals surface area contributed by atoms with Gasteiger partial charge in [0.05, 0.1) is 0 Å². The lowest BCUT2D eigenvalue weighted by molar-refractivity contribution is 0.195. The average molecular weight is 168 g/mol. The maximum absolute atomic E-state index is 11.5. The van der Waals surface area contributed by atoms with Crippen molar-refractivity contribution in [1.29, 1.82) is 0 Å². The number of amides is 2. The Morgan fingerprint density at radius 2 is 2.17 bits per heavy atom. The van der Waals surface area contributed by atoms with E-state index < -0.39 is 0 Å². The van der Waals surface area contributed by atoms with Crippen LogP contribution in [0.15, 0.2) is 12.7 Å². The molecule has 68 valence electrons. The molecule has 1 aliphatic heterocycles. The highest BCUT2D eigenvalue weighted by molar-refractivity contribution is 5.76. The summed E-state index contributed by atoms with van der Waals surface area (Å²) in [6, 6.07) is 0.164. The van der Waals surface area contributed by atoms with Crippen LogP contribution < -0.4 is 0 Å². The molecule has 3 heteroatoms. The Labute approximate surface area is 73.6 Å². The normalized spacial score (nSPS) is 17.2. The van der Waals surface area contributed by atoms with Crippen LogP contribution in [-0.2, 0) is 0 Å². The Hall–Kier alpha value is -0.990. The van der Waals surface area contributed by atoms with Crippen molar-refractivity contribution in [3.05, 3.63) is 12.7 Å². The van der Waals surface area contributed by atoms with E-state index in [0.29, 0.717) is 6.54 Å². The van der Waals surface area contributed by atoms with Crippen LogP contribution in [0.4, 0.5) is 4.79 Å². The third-order valence-corrected chi connectivity index (χ3v) is 2.02. The van der Waals surface area contributed by atoms with Crippen LogP contribution in [0.25, 0.3) is 0 Å². The Kier molecular flexibility index (Phi) is 3.14. The van der Waals surface area contributed by atoms with Gasteiger partial charge in [0.25, 0.3) is 0 Å². The molecular weight excluding hydrogens is 152 g/mol. The Morgan fingerprint density at radius 1 is 1.50 bits per heavy atom. The third-order valence-electron chi connectivity index (χ3n) is 2.02. The van der Waals surface area contributed by atoms with Crippen molar-refractivity contribution in [2.75, 3.05) is 26.2 Å². The standard InChI is InChI=1S/C9H16N2O/c1-3-5-10-7-8-11(6-4-2)9(10)12/h3H,1,4-8H2,2H3. The lowest BCUT2D eigenvalue weighted by Crippen LogP contribution is -2.32. The minimum Gasteiger partial charge on any atom is -0.323 e. The molecule has 0 saturated carbocycles. The van der Waals surface area contributed by atoms with Gasteiger partial charge in [-0.15, -0.1) is 6.58 Å². The maximum atomic E-state index is 11.5. The molecule has 2 amide bonds. The lowest BCUT2D eigenvalue weighted by atomic mass is 10.4. The van der Waals surface area contributed by atoms with Gasteiger partial charge in [0, 0.05) is 26.2 Å². The predicted molar refractivity (Wildman–Crippen MR) is 49.0 cm³/mol. The van der Waals surface area contributed by atoms with Gasteiger partial charge in [-0.05, 0) is 6.42 Å². The summed E-state index contributed by atoms with van der Waals surface area (Å²) < 4.78 is 0. The van der Waals surface area contributed by atoms with Crippen LogP contribution in [0.3, 0.4) is 0 Å². The molecule has 0 N–H and O–H groups in total. The fourth-order valence-corrected chi connectivity index (χ4v) is 1.44. The quantitative estimate of drug-likeness (QED) is 0.581. The van der Waals surface area contributed by atoms with E-state index in [-0.39, 0.29) is 6.03 Å². The molecule has 1 rings (SSSR count). The summed E-state index contributed by atoms with van der Waals surface area (Å²) >= 11 is 0. The van der Waals surface area contributed by atoms with Gasteiger partial charge in [0.2, 0.25) is 0 Å². The van der Waals surface area contributed by atoms with Gasteiger partial charge in [-0.2, -0.15) is 0 Å². The van der Waals surface area contributed by atoms with Gasteiger partial charge in [0.15, 0.2) is 0 Å². The van der Waals surface area contributed by atoms with Crippen LogP contribution >= 0.6 is 0 Å². The molecule has 1 aliphatic rings. The number of urea groups is 1. The first-order chi connectivity index (χ1) is 5.79. The molecule has 1 saturated heterocycles. The minimum absolute atomic E-state index is 0.164. The molecule has 0 aromatic heterocycles. The van der Waals surface area contributed by atoms with E-state index in [2.05, 4.69) is 13.5 Å². The van der Waals surface area contributed by atoms with Crippen LogP contribution in [0.5, 0.6) is 0 Å². The summed E-state index contributed by atoms with van der Waals surface area (Å²) in [6.07, 6.45) is 2.81. The minimum atomic E-state index is 0.164. The van der Waals surface area contributed by atoms with Crippen LogP contribution in [-0.4, -0.2) is 42.0 Å². The van der Waals surface area contributed by atoms with Crippen molar-refractivity contribution in [2.45, 2.75) is 13.3 Å². The van der Waals surface area contributed by atoms with Gasteiger partial charge in [-0.25, -0.2) is 4.79 Å². The van der Waals surface area contributed by atoms with E-state index in [1.165, 1.54) is 0 Å². The topological polar surface area (TPSA) is 23.6 Å². The van der Waals surface area contributed by atoms with Crippen molar-refractivity contribution < 1.29 is 4.79 Å². The number of rotatable bonds is 4. The summed E-state index contributed by atoms with van der Waals surface area (Å²) in [5.41, 5.74) is 0. The van der Waals surface area contributed by atoms with E-state index in [1.807, 2.05) is 9.80 Å².